The van der Waals surface area contributed by atoms with Gasteiger partial charge in [0.25, 0.3) is 0 Å². The zero-order valence-electron chi connectivity index (χ0n) is 3.53. The average Bonchev–Trinajstić information content (AvgIpc) is 2.21. The molecule has 1 rings (SSSR count). The van der Waals surface area contributed by atoms with Crippen molar-refractivity contribution < 1.29 is 10.2 Å². The molecule has 1 heterocycles. The maximum atomic E-state index is 8.84. The Morgan fingerprint density at radius 1 is 1.86 bits per heavy atom. The summed E-state index contributed by atoms with van der Waals surface area (Å²) in [6, 6.07) is 0. The monoisotopic (exact) mass is 138 g/mol. The van der Waals surface area contributed by atoms with E-state index in [1.165, 1.54) is 11.8 Å². The standard InChI is InChI=1S/C3H6O2S2/c4-2(6)3(5)1-7-3/h2,4-6H,1H2. The summed E-state index contributed by atoms with van der Waals surface area (Å²) in [7, 11) is 0. The third-order valence-corrected chi connectivity index (χ3v) is 2.55. The molecule has 2 nitrogen and oxygen atoms in total. The van der Waals surface area contributed by atoms with Crippen molar-refractivity contribution in [3.63, 3.8) is 0 Å². The van der Waals surface area contributed by atoms with Crippen molar-refractivity contribution >= 4 is 24.4 Å². The number of hydrogen-bond acceptors (Lipinski definition) is 4. The fraction of sp³-hybridized carbons (Fsp3) is 1.00. The van der Waals surface area contributed by atoms with Gasteiger partial charge in [-0.15, -0.1) is 24.4 Å². The van der Waals surface area contributed by atoms with Crippen molar-refractivity contribution in [1.29, 1.82) is 0 Å². The molecule has 0 bridgehead atoms. The van der Waals surface area contributed by atoms with Crippen LogP contribution in [0, 0.1) is 0 Å². The zero-order valence-corrected chi connectivity index (χ0v) is 5.25. The van der Waals surface area contributed by atoms with Crippen LogP contribution in [-0.4, -0.2) is 26.3 Å². The van der Waals surface area contributed by atoms with E-state index >= 15 is 0 Å². The Hall–Kier alpha value is 0.620. The van der Waals surface area contributed by atoms with Crippen LogP contribution < -0.4 is 0 Å². The second-order valence-electron chi connectivity index (χ2n) is 1.51. The minimum absolute atomic E-state index is 0.609. The van der Waals surface area contributed by atoms with E-state index in [1.807, 2.05) is 0 Å². The Bertz CT molecular complexity index is 79.0. The Morgan fingerprint density at radius 2 is 2.29 bits per heavy atom. The van der Waals surface area contributed by atoms with Crippen LogP contribution >= 0.6 is 24.4 Å². The summed E-state index contributed by atoms with van der Waals surface area (Å²) in [5.74, 6) is 0.609. The first-order chi connectivity index (χ1) is 3.15. The van der Waals surface area contributed by atoms with Gasteiger partial charge >= 0.3 is 0 Å². The Balaban J connectivity index is 2.39. The molecule has 0 aromatic carbocycles. The number of rotatable bonds is 1. The summed E-state index contributed by atoms with van der Waals surface area (Å²) in [5.41, 5.74) is -0.877. The fourth-order valence-electron chi connectivity index (χ4n) is 0.223. The maximum absolute atomic E-state index is 8.84. The third-order valence-electron chi connectivity index (χ3n) is 0.844. The van der Waals surface area contributed by atoms with Crippen LogP contribution in [0.15, 0.2) is 0 Å². The normalized spacial score (nSPS) is 43.3. The first-order valence-corrected chi connectivity index (χ1v) is 3.38. The predicted octanol–water partition coefficient (Wildman–Crippen LogP) is -0.330. The topological polar surface area (TPSA) is 40.5 Å². The summed E-state index contributed by atoms with van der Waals surface area (Å²) in [6.07, 6.45) is 0. The lowest BCUT2D eigenvalue weighted by Crippen LogP contribution is -2.21. The summed E-state index contributed by atoms with van der Waals surface area (Å²) in [4.78, 5) is -0.914. The van der Waals surface area contributed by atoms with E-state index in [-0.39, 0.29) is 0 Å². The highest BCUT2D eigenvalue weighted by Gasteiger charge is 2.47. The van der Waals surface area contributed by atoms with E-state index in [0.717, 1.165) is 0 Å². The van der Waals surface area contributed by atoms with E-state index in [9.17, 15) is 0 Å². The smallest absolute Gasteiger partial charge is 0.154 e. The molecule has 0 amide bonds. The molecule has 7 heavy (non-hydrogen) atoms. The largest absolute Gasteiger partial charge is 0.379 e. The average molecular weight is 138 g/mol. The minimum atomic E-state index is -0.914. The Kier molecular flexibility index (Phi) is 1.27. The number of aliphatic hydroxyl groups excluding tert-OH is 1. The van der Waals surface area contributed by atoms with E-state index in [2.05, 4.69) is 12.6 Å². The van der Waals surface area contributed by atoms with Crippen molar-refractivity contribution in [3.8, 4) is 0 Å². The van der Waals surface area contributed by atoms with Gasteiger partial charge in [-0.3, -0.25) is 0 Å². The molecule has 1 aliphatic heterocycles. The number of thioether (sulfide) groups is 1. The van der Waals surface area contributed by atoms with Gasteiger partial charge in [0.05, 0.1) is 0 Å². The second kappa shape index (κ2) is 1.55. The van der Waals surface area contributed by atoms with Crippen LogP contribution in [0.2, 0.25) is 0 Å². The predicted molar refractivity (Wildman–Crippen MR) is 32.4 cm³/mol. The molecule has 4 heteroatoms. The van der Waals surface area contributed by atoms with Crippen molar-refractivity contribution in [2.75, 3.05) is 5.75 Å². The highest BCUT2D eigenvalue weighted by atomic mass is 32.2. The van der Waals surface area contributed by atoms with E-state index < -0.39 is 10.4 Å². The molecule has 0 radical (unpaired) electrons. The SMILES string of the molecule is OC(S)C1(O)CS1. The molecule has 0 aliphatic carbocycles. The van der Waals surface area contributed by atoms with Crippen LogP contribution in [0.3, 0.4) is 0 Å². The molecule has 1 aliphatic rings. The van der Waals surface area contributed by atoms with Crippen molar-refractivity contribution in [2.45, 2.75) is 10.4 Å². The molecule has 0 saturated carbocycles. The van der Waals surface area contributed by atoms with Gasteiger partial charge in [-0.05, 0) is 0 Å². The van der Waals surface area contributed by atoms with Crippen LogP contribution in [0.5, 0.6) is 0 Å². The van der Waals surface area contributed by atoms with Gasteiger partial charge in [0, 0.05) is 5.75 Å². The van der Waals surface area contributed by atoms with Crippen molar-refractivity contribution in [1.82, 2.24) is 0 Å². The molecule has 2 unspecified atom stereocenters. The molecular formula is C3H6O2S2. The molecule has 42 valence electrons. The third kappa shape index (κ3) is 1.05. The summed E-state index contributed by atoms with van der Waals surface area (Å²) < 4.78 is 0. The first-order valence-electron chi connectivity index (χ1n) is 1.88. The number of thiol groups is 1. The number of hydrogen-bond donors (Lipinski definition) is 3. The van der Waals surface area contributed by atoms with Crippen molar-refractivity contribution in [3.05, 3.63) is 0 Å². The second-order valence-corrected chi connectivity index (χ2v) is 3.28. The Morgan fingerprint density at radius 3 is 2.29 bits per heavy atom. The van der Waals surface area contributed by atoms with Gasteiger partial charge in [0.1, 0.15) is 5.44 Å². The van der Waals surface area contributed by atoms with E-state index in [0.29, 0.717) is 5.75 Å². The first kappa shape index (κ1) is 5.75. The molecule has 0 aromatic heterocycles. The molecule has 1 fully saturated rings. The highest BCUT2D eigenvalue weighted by molar-refractivity contribution is 8.08. The highest BCUT2D eigenvalue weighted by Crippen LogP contribution is 2.45. The van der Waals surface area contributed by atoms with Crippen LogP contribution in [0.1, 0.15) is 0 Å². The summed E-state index contributed by atoms with van der Waals surface area (Å²) >= 11 is 4.93. The van der Waals surface area contributed by atoms with Crippen molar-refractivity contribution in [2.24, 2.45) is 0 Å². The lowest BCUT2D eigenvalue weighted by atomic mass is 10.4. The van der Waals surface area contributed by atoms with Gasteiger partial charge in [-0.1, -0.05) is 0 Å². The van der Waals surface area contributed by atoms with Crippen LogP contribution in [-0.2, 0) is 0 Å². The zero-order chi connectivity index (χ0) is 5.49. The van der Waals surface area contributed by atoms with E-state index in [4.69, 9.17) is 10.2 Å². The summed E-state index contributed by atoms with van der Waals surface area (Å²) in [6.45, 7) is 0. The van der Waals surface area contributed by atoms with E-state index in [1.54, 1.807) is 0 Å². The summed E-state index contributed by atoms with van der Waals surface area (Å²) in [5, 5.41) is 17.4. The molecule has 2 N–H and O–H groups in total. The maximum Gasteiger partial charge on any atom is 0.154 e. The fourth-order valence-corrected chi connectivity index (χ4v) is 1.12. The quantitative estimate of drug-likeness (QED) is 0.264. The van der Waals surface area contributed by atoms with Gasteiger partial charge in [-0.2, -0.15) is 0 Å². The molecule has 2 atom stereocenters. The molecule has 0 spiro atoms. The molecule has 0 aromatic rings. The van der Waals surface area contributed by atoms with Gasteiger partial charge in [-0.25, -0.2) is 0 Å². The minimum Gasteiger partial charge on any atom is -0.379 e. The molecule has 1 saturated heterocycles. The number of aliphatic hydroxyl groups is 2. The van der Waals surface area contributed by atoms with Gasteiger partial charge in [0.15, 0.2) is 4.93 Å². The lowest BCUT2D eigenvalue weighted by Gasteiger charge is -2.05. The van der Waals surface area contributed by atoms with Crippen LogP contribution in [0.4, 0.5) is 0 Å². The van der Waals surface area contributed by atoms with Gasteiger partial charge in [0.2, 0.25) is 0 Å². The Labute approximate surface area is 51.3 Å². The molecular weight excluding hydrogens is 132 g/mol. The van der Waals surface area contributed by atoms with Crippen LogP contribution in [0.25, 0.3) is 0 Å². The van der Waals surface area contributed by atoms with Gasteiger partial charge < -0.3 is 10.2 Å². The lowest BCUT2D eigenvalue weighted by molar-refractivity contribution is 0.0855.